The van der Waals surface area contributed by atoms with E-state index in [0.29, 0.717) is 50.9 Å². The van der Waals surface area contributed by atoms with Gasteiger partial charge in [-0.15, -0.1) is 0 Å². The van der Waals surface area contributed by atoms with Gasteiger partial charge in [-0.2, -0.15) is 4.98 Å². The van der Waals surface area contributed by atoms with E-state index in [1.807, 2.05) is 24.8 Å². The van der Waals surface area contributed by atoms with E-state index in [2.05, 4.69) is 20.1 Å². The summed E-state index contributed by atoms with van der Waals surface area (Å²) in [5.74, 6) is 1.74. The molecule has 0 spiro atoms. The van der Waals surface area contributed by atoms with Crippen LogP contribution in [0, 0.1) is 5.92 Å². The molecule has 8 heteroatoms. The number of ether oxygens (including phenoxy) is 1. The smallest absolute Gasteiger partial charge is 0.227 e. The summed E-state index contributed by atoms with van der Waals surface area (Å²) in [6, 6.07) is 1.90. The van der Waals surface area contributed by atoms with Gasteiger partial charge in [0.2, 0.25) is 11.8 Å². The molecule has 0 aliphatic carbocycles. The summed E-state index contributed by atoms with van der Waals surface area (Å²) in [6.07, 6.45) is 4.88. The second-order valence-corrected chi connectivity index (χ2v) is 6.89. The van der Waals surface area contributed by atoms with Crippen LogP contribution < -0.4 is 0 Å². The second kappa shape index (κ2) is 8.84. The Bertz CT molecular complexity index is 704. The lowest BCUT2D eigenvalue weighted by Gasteiger charge is -2.23. The molecule has 2 aromatic rings. The van der Waals surface area contributed by atoms with Crippen LogP contribution in [0.3, 0.4) is 0 Å². The molecule has 0 unspecified atom stereocenters. The fourth-order valence-electron chi connectivity index (χ4n) is 2.94. The van der Waals surface area contributed by atoms with Crippen LogP contribution in [0.15, 0.2) is 23.1 Å². The van der Waals surface area contributed by atoms with Crippen molar-refractivity contribution in [3.8, 4) is 0 Å². The largest absolute Gasteiger partial charge is 0.379 e. The highest BCUT2D eigenvalue weighted by Gasteiger charge is 2.23. The highest BCUT2D eigenvalue weighted by molar-refractivity contribution is 5.76. The molecule has 1 amide bonds. The Labute approximate surface area is 153 Å². The molecule has 1 aliphatic rings. The van der Waals surface area contributed by atoms with Crippen molar-refractivity contribution in [3.05, 3.63) is 36.0 Å². The third-order valence-electron chi connectivity index (χ3n) is 4.38. The molecular weight excluding hydrogens is 334 g/mol. The van der Waals surface area contributed by atoms with Gasteiger partial charge in [0.05, 0.1) is 13.2 Å². The van der Waals surface area contributed by atoms with Gasteiger partial charge < -0.3 is 14.2 Å². The molecule has 1 saturated heterocycles. The maximum absolute atomic E-state index is 12.6. The summed E-state index contributed by atoms with van der Waals surface area (Å²) in [5.41, 5.74) is 0.968. The summed E-state index contributed by atoms with van der Waals surface area (Å²) in [5, 5.41) is 3.94. The predicted octanol–water partition coefficient (Wildman–Crippen LogP) is 1.63. The maximum Gasteiger partial charge on any atom is 0.227 e. The molecule has 3 heterocycles. The van der Waals surface area contributed by atoms with Crippen LogP contribution in [-0.2, 0) is 22.4 Å². The van der Waals surface area contributed by atoms with Gasteiger partial charge in [-0.25, -0.2) is 9.97 Å². The van der Waals surface area contributed by atoms with Crippen molar-refractivity contribution in [2.24, 2.45) is 5.92 Å². The van der Waals surface area contributed by atoms with E-state index in [1.54, 1.807) is 12.5 Å². The van der Waals surface area contributed by atoms with Crippen molar-refractivity contribution < 1.29 is 14.1 Å². The van der Waals surface area contributed by atoms with Crippen molar-refractivity contribution in [1.82, 2.24) is 25.0 Å². The number of hydrogen-bond donors (Lipinski definition) is 0. The molecule has 3 rings (SSSR count). The van der Waals surface area contributed by atoms with Gasteiger partial charge in [-0.3, -0.25) is 4.79 Å². The first kappa shape index (κ1) is 18.4. The van der Waals surface area contributed by atoms with E-state index in [-0.39, 0.29) is 17.7 Å². The minimum atomic E-state index is 0.0903. The Morgan fingerprint density at radius 2 is 2.31 bits per heavy atom. The molecule has 1 fully saturated rings. The van der Waals surface area contributed by atoms with Gasteiger partial charge in [-0.05, 0) is 12.5 Å². The Morgan fingerprint density at radius 1 is 1.42 bits per heavy atom. The highest BCUT2D eigenvalue weighted by atomic mass is 16.5. The normalized spacial score (nSPS) is 18.1. The minimum absolute atomic E-state index is 0.0903. The molecule has 0 radical (unpaired) electrons. The van der Waals surface area contributed by atoms with Crippen LogP contribution in [0.5, 0.6) is 0 Å². The zero-order chi connectivity index (χ0) is 18.4. The van der Waals surface area contributed by atoms with Crippen LogP contribution in [0.2, 0.25) is 0 Å². The van der Waals surface area contributed by atoms with Crippen LogP contribution in [0.25, 0.3) is 0 Å². The summed E-state index contributed by atoms with van der Waals surface area (Å²) in [6.45, 7) is 6.49. The molecule has 26 heavy (non-hydrogen) atoms. The third-order valence-corrected chi connectivity index (χ3v) is 4.38. The monoisotopic (exact) mass is 359 g/mol. The lowest BCUT2D eigenvalue weighted by atomic mass is 10.0. The van der Waals surface area contributed by atoms with E-state index in [0.717, 1.165) is 12.1 Å². The fraction of sp³-hybridized carbons (Fsp3) is 0.611. The molecule has 1 atom stereocenters. The predicted molar refractivity (Wildman–Crippen MR) is 93.3 cm³/mol. The number of nitrogens with zero attached hydrogens (tertiary/aromatic N) is 5. The highest BCUT2D eigenvalue weighted by Crippen LogP contribution is 2.15. The Balaban J connectivity index is 1.53. The molecule has 2 aromatic heterocycles. The summed E-state index contributed by atoms with van der Waals surface area (Å²) in [7, 11) is 0. The van der Waals surface area contributed by atoms with Crippen LogP contribution in [0.1, 0.15) is 43.6 Å². The zero-order valence-electron chi connectivity index (χ0n) is 15.3. The number of carbonyl (C=O) groups excluding carboxylic acids is 1. The number of amides is 1. The number of carbonyl (C=O) groups is 1. The average Bonchev–Trinajstić information content (AvgIpc) is 3.00. The number of rotatable bonds is 6. The van der Waals surface area contributed by atoms with E-state index in [1.165, 1.54) is 0 Å². The molecule has 0 bridgehead atoms. The zero-order valence-corrected chi connectivity index (χ0v) is 15.3. The Kier molecular flexibility index (Phi) is 6.27. The first-order valence-electron chi connectivity index (χ1n) is 9.04. The molecule has 0 aromatic carbocycles. The van der Waals surface area contributed by atoms with Crippen molar-refractivity contribution >= 4 is 5.91 Å². The van der Waals surface area contributed by atoms with E-state index in [4.69, 9.17) is 9.26 Å². The van der Waals surface area contributed by atoms with Crippen LogP contribution >= 0.6 is 0 Å². The lowest BCUT2D eigenvalue weighted by Crippen LogP contribution is -2.36. The van der Waals surface area contributed by atoms with Gasteiger partial charge in [-0.1, -0.05) is 19.0 Å². The van der Waals surface area contributed by atoms with Crippen LogP contribution in [-0.4, -0.2) is 57.2 Å². The van der Waals surface area contributed by atoms with Crippen molar-refractivity contribution in [2.45, 2.75) is 39.0 Å². The summed E-state index contributed by atoms with van der Waals surface area (Å²) in [4.78, 5) is 27.0. The molecular formula is C18H25N5O3. The first-order chi connectivity index (χ1) is 12.6. The molecule has 0 saturated carbocycles. The number of hydrogen-bond acceptors (Lipinski definition) is 7. The Hall–Kier alpha value is -2.35. The SMILES string of the molecule is CC(C)c1noc(CCC(=O)N2CCOC[C@@H](Cc3ccncn3)C2)n1. The van der Waals surface area contributed by atoms with Gasteiger partial charge >= 0.3 is 0 Å². The number of aromatic nitrogens is 4. The van der Waals surface area contributed by atoms with Gasteiger partial charge in [0.25, 0.3) is 0 Å². The van der Waals surface area contributed by atoms with E-state index < -0.39 is 0 Å². The quantitative estimate of drug-likeness (QED) is 0.774. The van der Waals surface area contributed by atoms with Crippen molar-refractivity contribution in [3.63, 3.8) is 0 Å². The second-order valence-electron chi connectivity index (χ2n) is 6.89. The molecule has 8 nitrogen and oxygen atoms in total. The summed E-state index contributed by atoms with van der Waals surface area (Å²) < 4.78 is 10.9. The van der Waals surface area contributed by atoms with Gasteiger partial charge in [0.15, 0.2) is 5.82 Å². The van der Waals surface area contributed by atoms with E-state index in [9.17, 15) is 4.79 Å². The first-order valence-corrected chi connectivity index (χ1v) is 9.04. The molecule has 140 valence electrons. The molecule has 1 aliphatic heterocycles. The van der Waals surface area contributed by atoms with Gasteiger partial charge in [0.1, 0.15) is 6.33 Å². The third kappa shape index (κ3) is 5.08. The number of aryl methyl sites for hydroxylation is 1. The average molecular weight is 359 g/mol. The molecule has 0 N–H and O–H groups in total. The Morgan fingerprint density at radius 3 is 3.04 bits per heavy atom. The summed E-state index contributed by atoms with van der Waals surface area (Å²) >= 11 is 0. The van der Waals surface area contributed by atoms with Crippen LogP contribution in [0.4, 0.5) is 0 Å². The van der Waals surface area contributed by atoms with Crippen molar-refractivity contribution in [1.29, 1.82) is 0 Å². The standard InChI is InChI=1S/C18H25N5O3/c1-13(2)18-21-16(26-22-18)3-4-17(24)23-7-8-25-11-14(10-23)9-15-5-6-19-12-20-15/h5-6,12-14H,3-4,7-11H2,1-2H3/t14-/m0/s1. The van der Waals surface area contributed by atoms with Crippen molar-refractivity contribution in [2.75, 3.05) is 26.3 Å². The van der Waals surface area contributed by atoms with E-state index >= 15 is 0 Å². The topological polar surface area (TPSA) is 94.2 Å². The lowest BCUT2D eigenvalue weighted by molar-refractivity contribution is -0.131. The maximum atomic E-state index is 12.6. The van der Waals surface area contributed by atoms with Gasteiger partial charge in [0, 0.05) is 49.7 Å². The minimum Gasteiger partial charge on any atom is -0.379 e. The fourth-order valence-corrected chi connectivity index (χ4v) is 2.94.